The molecule has 1 heterocycles. The Morgan fingerprint density at radius 3 is 1.94 bits per heavy atom. The van der Waals surface area contributed by atoms with Crippen molar-refractivity contribution in [3.8, 4) is 17.2 Å². The number of hydrogen-bond acceptors (Lipinski definition) is 9. The largest absolute Gasteiger partial charge is 0.493 e. The highest BCUT2D eigenvalue weighted by molar-refractivity contribution is 6.32. The van der Waals surface area contributed by atoms with Crippen molar-refractivity contribution in [3.63, 3.8) is 0 Å². The lowest BCUT2D eigenvalue weighted by atomic mass is 9.63. The maximum absolute atomic E-state index is 14.2. The van der Waals surface area contributed by atoms with E-state index in [1.54, 1.807) is 12.1 Å². The molecule has 49 heavy (non-hydrogen) atoms. The van der Waals surface area contributed by atoms with E-state index in [4.69, 9.17) is 21.1 Å². The van der Waals surface area contributed by atoms with Crippen molar-refractivity contribution in [2.75, 3.05) is 7.11 Å². The molecule has 3 aliphatic rings. The number of rotatable bonds is 8. The van der Waals surface area contributed by atoms with Crippen LogP contribution in [0.1, 0.15) is 70.4 Å². The Morgan fingerprint density at radius 1 is 0.816 bits per heavy atom. The second-order valence-corrected chi connectivity index (χ2v) is 14.8. The van der Waals surface area contributed by atoms with Gasteiger partial charge in [0.1, 0.15) is 0 Å². The number of non-ortho nitro benzene ring substituents is 1. The number of nitro groups is 2. The second kappa shape index (κ2) is 12.5. The minimum atomic E-state index is -0.783. The Balaban J connectivity index is 1.53. The third-order valence-electron chi connectivity index (χ3n) is 9.35. The monoisotopic (exact) mass is 685 g/mol. The topological polar surface area (TPSA) is 142 Å². The maximum atomic E-state index is 14.2. The average molecular weight is 686 g/mol. The number of nitro benzene ring substituents is 2. The standard InChI is InChI=1S/C37H36ClN3O8/c1-36(2)16-26-33(28(42)18-36)32(34-27(17-37(3,4)19-29(34)43)39(26)20-21-9-7-6-8-10-21)22-13-24(38)35(31(14-22)48-5)49-30-12-11-23(40(44)45)15-25(30)41(46)47/h6-15,32H,16-20H2,1-5H3. The molecule has 0 saturated carbocycles. The number of methoxy groups -OCH3 is 1. The van der Waals surface area contributed by atoms with E-state index < -0.39 is 27.1 Å². The smallest absolute Gasteiger partial charge is 0.318 e. The van der Waals surface area contributed by atoms with Gasteiger partial charge in [-0.15, -0.1) is 0 Å². The van der Waals surface area contributed by atoms with Gasteiger partial charge in [-0.05, 0) is 53.0 Å². The Hall–Kier alpha value is -5.03. The van der Waals surface area contributed by atoms with Crippen LogP contribution in [-0.4, -0.2) is 33.4 Å². The second-order valence-electron chi connectivity index (χ2n) is 14.4. The molecule has 0 spiro atoms. The predicted molar refractivity (Wildman–Crippen MR) is 183 cm³/mol. The van der Waals surface area contributed by atoms with E-state index in [9.17, 15) is 29.8 Å². The average Bonchev–Trinajstić information content (AvgIpc) is 3.01. The number of ether oxygens (including phenoxy) is 2. The zero-order chi connectivity index (χ0) is 35.4. The summed E-state index contributed by atoms with van der Waals surface area (Å²) in [5, 5.41) is 23.1. The predicted octanol–water partition coefficient (Wildman–Crippen LogP) is 8.84. The van der Waals surface area contributed by atoms with Gasteiger partial charge in [-0.1, -0.05) is 69.6 Å². The summed E-state index contributed by atoms with van der Waals surface area (Å²) in [7, 11) is 1.38. The van der Waals surface area contributed by atoms with Gasteiger partial charge in [0.25, 0.3) is 5.69 Å². The van der Waals surface area contributed by atoms with Crippen LogP contribution in [0.4, 0.5) is 11.4 Å². The summed E-state index contributed by atoms with van der Waals surface area (Å²) in [5.74, 6) is -1.04. The van der Waals surface area contributed by atoms with E-state index in [0.29, 0.717) is 48.9 Å². The molecule has 0 bridgehead atoms. The molecule has 2 aliphatic carbocycles. The number of ketones is 2. The number of carbonyl (C=O) groups is 2. The normalized spacial score (nSPS) is 18.6. The first-order chi connectivity index (χ1) is 23.1. The molecule has 0 saturated heterocycles. The molecule has 12 heteroatoms. The molecule has 0 amide bonds. The Morgan fingerprint density at radius 2 is 1.41 bits per heavy atom. The van der Waals surface area contributed by atoms with Crippen LogP contribution in [0.25, 0.3) is 0 Å². The fraction of sp³-hybridized carbons (Fsp3) is 0.351. The summed E-state index contributed by atoms with van der Waals surface area (Å²) in [6.45, 7) is 8.81. The Bertz CT molecular complexity index is 1930. The highest BCUT2D eigenvalue weighted by Gasteiger charge is 2.49. The first kappa shape index (κ1) is 33.9. The van der Waals surface area contributed by atoms with Gasteiger partial charge in [0.2, 0.25) is 5.75 Å². The fourth-order valence-corrected chi connectivity index (χ4v) is 7.56. The number of hydrogen-bond donors (Lipinski definition) is 0. The molecule has 3 aromatic rings. The van der Waals surface area contributed by atoms with E-state index in [2.05, 4.69) is 32.6 Å². The van der Waals surface area contributed by atoms with Crippen LogP contribution < -0.4 is 9.47 Å². The van der Waals surface area contributed by atoms with Crippen LogP contribution in [0.15, 0.2) is 83.2 Å². The first-order valence-corrected chi connectivity index (χ1v) is 16.3. The summed E-state index contributed by atoms with van der Waals surface area (Å²) < 4.78 is 11.6. The quantitative estimate of drug-likeness (QED) is 0.168. The van der Waals surface area contributed by atoms with Gasteiger partial charge in [-0.25, -0.2) is 0 Å². The molecule has 1 aliphatic heterocycles. The zero-order valence-corrected chi connectivity index (χ0v) is 28.6. The highest BCUT2D eigenvalue weighted by atomic mass is 35.5. The number of nitrogens with zero attached hydrogens (tertiary/aromatic N) is 3. The van der Waals surface area contributed by atoms with Crippen LogP contribution in [0.2, 0.25) is 5.02 Å². The van der Waals surface area contributed by atoms with Crippen molar-refractivity contribution in [2.45, 2.75) is 65.8 Å². The third-order valence-corrected chi connectivity index (χ3v) is 9.63. The molecular formula is C37H36ClN3O8. The number of Topliss-reactive ketones (excluding diaryl/α,β-unsaturated/α-hetero) is 2. The number of benzene rings is 3. The van der Waals surface area contributed by atoms with Gasteiger partial charge in [-0.3, -0.25) is 29.8 Å². The van der Waals surface area contributed by atoms with Crippen molar-refractivity contribution >= 4 is 34.5 Å². The molecule has 0 fully saturated rings. The van der Waals surface area contributed by atoms with Crippen molar-refractivity contribution < 1.29 is 28.9 Å². The van der Waals surface area contributed by atoms with Crippen molar-refractivity contribution in [1.29, 1.82) is 0 Å². The lowest BCUT2D eigenvalue weighted by Crippen LogP contribution is -2.44. The minimum absolute atomic E-state index is 0.0187. The van der Waals surface area contributed by atoms with Crippen molar-refractivity contribution in [1.82, 2.24) is 4.90 Å². The molecule has 6 rings (SSSR count). The lowest BCUT2D eigenvalue weighted by Gasteiger charge is -2.49. The third kappa shape index (κ3) is 6.42. The minimum Gasteiger partial charge on any atom is -0.493 e. The lowest BCUT2D eigenvalue weighted by molar-refractivity contribution is -0.394. The van der Waals surface area contributed by atoms with E-state index >= 15 is 0 Å². The molecule has 0 radical (unpaired) electrons. The summed E-state index contributed by atoms with van der Waals surface area (Å²) in [5.41, 5.74) is 2.76. The Labute approximate surface area is 288 Å². The molecule has 0 N–H and O–H groups in total. The van der Waals surface area contributed by atoms with E-state index in [-0.39, 0.29) is 44.7 Å². The van der Waals surface area contributed by atoms with Gasteiger partial charge < -0.3 is 14.4 Å². The summed E-state index contributed by atoms with van der Waals surface area (Å²) in [4.78, 5) is 52.2. The summed E-state index contributed by atoms with van der Waals surface area (Å²) >= 11 is 6.85. The Kier molecular flexibility index (Phi) is 8.60. The molecule has 254 valence electrons. The van der Waals surface area contributed by atoms with Gasteiger partial charge >= 0.3 is 5.69 Å². The molecule has 0 aromatic heterocycles. The fourth-order valence-electron chi connectivity index (χ4n) is 7.30. The van der Waals surface area contributed by atoms with E-state index in [1.165, 1.54) is 7.11 Å². The van der Waals surface area contributed by atoms with E-state index in [1.807, 2.05) is 30.3 Å². The van der Waals surface area contributed by atoms with Crippen LogP contribution in [0.3, 0.4) is 0 Å². The van der Waals surface area contributed by atoms with Crippen LogP contribution in [-0.2, 0) is 16.1 Å². The van der Waals surface area contributed by atoms with Crippen LogP contribution in [0, 0.1) is 31.1 Å². The van der Waals surface area contributed by atoms with Crippen LogP contribution in [0.5, 0.6) is 17.2 Å². The molecule has 0 atom stereocenters. The first-order valence-electron chi connectivity index (χ1n) is 15.9. The number of carbonyl (C=O) groups excluding carboxylic acids is 2. The van der Waals surface area contributed by atoms with Gasteiger partial charge in [0.05, 0.1) is 28.0 Å². The number of allylic oxidation sites excluding steroid dienone is 4. The highest BCUT2D eigenvalue weighted by Crippen LogP contribution is 2.56. The summed E-state index contributed by atoms with van der Waals surface area (Å²) in [6.07, 6.45) is 1.86. The molecule has 11 nitrogen and oxygen atoms in total. The van der Waals surface area contributed by atoms with Gasteiger partial charge in [-0.2, -0.15) is 0 Å². The maximum Gasteiger partial charge on any atom is 0.318 e. The molecule has 3 aromatic carbocycles. The summed E-state index contributed by atoms with van der Waals surface area (Å²) in [6, 6.07) is 16.2. The van der Waals surface area contributed by atoms with Crippen LogP contribution >= 0.6 is 11.6 Å². The van der Waals surface area contributed by atoms with Gasteiger partial charge in [0, 0.05) is 53.9 Å². The van der Waals surface area contributed by atoms with Gasteiger partial charge in [0.15, 0.2) is 23.1 Å². The molecular weight excluding hydrogens is 650 g/mol. The SMILES string of the molecule is COc1cc(C2C3=C(CC(C)(C)CC3=O)N(Cc3ccccc3)C3=C2C(=O)CC(C)(C)C3)cc(Cl)c1Oc1ccc([N+](=O)[O-])cc1[N+](=O)[O-]. The van der Waals surface area contributed by atoms with Crippen molar-refractivity contribution in [3.05, 3.63) is 120 Å². The zero-order valence-electron chi connectivity index (χ0n) is 27.9. The number of halogens is 1. The molecule has 0 unspecified atom stereocenters. The van der Waals surface area contributed by atoms with E-state index in [0.717, 1.165) is 35.2 Å². The van der Waals surface area contributed by atoms with Crippen molar-refractivity contribution in [2.24, 2.45) is 10.8 Å².